The minimum Gasteiger partial charge on any atom is -0.345 e. The number of amides is 1. The van der Waals surface area contributed by atoms with Crippen molar-refractivity contribution in [2.24, 2.45) is 0 Å². The van der Waals surface area contributed by atoms with Crippen molar-refractivity contribution in [3.05, 3.63) is 59.3 Å². The second-order valence-electron chi connectivity index (χ2n) is 4.66. The zero-order valence-corrected chi connectivity index (χ0v) is 13.0. The van der Waals surface area contributed by atoms with E-state index in [1.165, 1.54) is 18.3 Å². The van der Waals surface area contributed by atoms with Crippen LogP contribution in [0.5, 0.6) is 0 Å². The van der Waals surface area contributed by atoms with Gasteiger partial charge in [0.15, 0.2) is 0 Å². The molecule has 0 aliphatic carbocycles. The van der Waals surface area contributed by atoms with Gasteiger partial charge in [-0.1, -0.05) is 12.1 Å². The Labute approximate surface area is 136 Å². The van der Waals surface area contributed by atoms with Crippen LogP contribution in [0.2, 0.25) is 0 Å². The van der Waals surface area contributed by atoms with Crippen LogP contribution in [0.3, 0.4) is 0 Å². The number of nitrogens with one attached hydrogen (secondary N) is 1. The summed E-state index contributed by atoms with van der Waals surface area (Å²) in [5, 5.41) is 11.5. The number of carbonyl (C=O) groups excluding carboxylic acids is 1. The molecule has 1 unspecified atom stereocenters. The molecule has 1 heterocycles. The lowest BCUT2D eigenvalue weighted by atomic mass is 10.1. The lowest BCUT2D eigenvalue weighted by Crippen LogP contribution is -2.27. The molecular weight excluding hydrogens is 320 g/mol. The number of hydrogen-bond donors (Lipinski definition) is 1. The lowest BCUT2D eigenvalue weighted by Gasteiger charge is -2.15. The van der Waals surface area contributed by atoms with Crippen LogP contribution in [-0.2, 0) is 0 Å². The number of halogens is 2. The maximum Gasteiger partial charge on any atom is 0.290 e. The topological polar surface area (TPSA) is 65.8 Å². The molecule has 2 rings (SSSR count). The van der Waals surface area contributed by atoms with Crippen molar-refractivity contribution in [3.63, 3.8) is 0 Å². The van der Waals surface area contributed by atoms with Gasteiger partial charge in [0.2, 0.25) is 0 Å². The summed E-state index contributed by atoms with van der Waals surface area (Å²) in [5.74, 6) is -3.12. The van der Waals surface area contributed by atoms with Gasteiger partial charge in [-0.2, -0.15) is 14.0 Å². The zero-order valence-electron chi connectivity index (χ0n) is 12.2. The Bertz CT molecular complexity index is 729. The fraction of sp³-hybridized carbons (Fsp3) is 0.188. The lowest BCUT2D eigenvalue weighted by molar-refractivity contribution is 0.0936. The number of benzene rings is 1. The number of thioether (sulfide) groups is 1. The summed E-state index contributed by atoms with van der Waals surface area (Å²) in [6, 6.07) is 11.4. The molecule has 7 heteroatoms. The molecule has 2 aromatic rings. The second kappa shape index (κ2) is 7.70. The van der Waals surface area contributed by atoms with Gasteiger partial charge >= 0.3 is 0 Å². The van der Waals surface area contributed by atoms with Crippen LogP contribution in [0.15, 0.2) is 47.6 Å². The quantitative estimate of drug-likeness (QED) is 0.846. The summed E-state index contributed by atoms with van der Waals surface area (Å²) < 4.78 is 25.1. The number of hydrogen-bond acceptors (Lipinski definition) is 4. The SMILES string of the molecule is CC(NC(=O)c1cccnc1SC(F)F)c1ccc(C#N)cc1. The van der Waals surface area contributed by atoms with Crippen molar-refractivity contribution in [2.75, 3.05) is 0 Å². The summed E-state index contributed by atoms with van der Waals surface area (Å²) >= 11 is 0.240. The highest BCUT2D eigenvalue weighted by Crippen LogP contribution is 2.26. The monoisotopic (exact) mass is 333 g/mol. The number of nitriles is 1. The highest BCUT2D eigenvalue weighted by molar-refractivity contribution is 7.99. The standard InChI is InChI=1S/C16H13F2N3OS/c1-10(12-6-4-11(9-19)5-7-12)21-14(22)13-3-2-8-20-15(13)23-16(17)18/h2-8,10,16H,1H3,(H,21,22). The van der Waals surface area contributed by atoms with E-state index in [-0.39, 0.29) is 28.4 Å². The fourth-order valence-corrected chi connectivity index (χ4v) is 2.52. The molecule has 1 amide bonds. The van der Waals surface area contributed by atoms with Gasteiger partial charge in [0.25, 0.3) is 11.7 Å². The predicted molar refractivity (Wildman–Crippen MR) is 83.1 cm³/mol. The van der Waals surface area contributed by atoms with E-state index < -0.39 is 11.7 Å². The second-order valence-corrected chi connectivity index (χ2v) is 5.64. The minimum atomic E-state index is -2.65. The molecule has 0 aliphatic rings. The Morgan fingerprint density at radius 2 is 2.00 bits per heavy atom. The van der Waals surface area contributed by atoms with Gasteiger partial charge in [-0.3, -0.25) is 4.79 Å². The van der Waals surface area contributed by atoms with Gasteiger partial charge in [-0.05, 0) is 48.5 Å². The predicted octanol–water partition coefficient (Wildman–Crippen LogP) is 3.76. The largest absolute Gasteiger partial charge is 0.345 e. The molecule has 0 radical (unpaired) electrons. The number of pyridine rings is 1. The van der Waals surface area contributed by atoms with Gasteiger partial charge in [0.05, 0.1) is 23.2 Å². The highest BCUT2D eigenvalue weighted by Gasteiger charge is 2.18. The third-order valence-corrected chi connectivity index (χ3v) is 3.83. The number of alkyl halides is 2. The van der Waals surface area contributed by atoms with Gasteiger partial charge in [-0.15, -0.1) is 0 Å². The van der Waals surface area contributed by atoms with Crippen molar-refractivity contribution >= 4 is 17.7 Å². The first-order valence-electron chi connectivity index (χ1n) is 6.72. The van der Waals surface area contributed by atoms with Gasteiger partial charge in [0.1, 0.15) is 5.03 Å². The Morgan fingerprint density at radius 1 is 1.30 bits per heavy atom. The average Bonchev–Trinajstić information content (AvgIpc) is 2.54. The van der Waals surface area contributed by atoms with Crippen LogP contribution in [0.4, 0.5) is 8.78 Å². The molecule has 0 fully saturated rings. The molecule has 0 saturated heterocycles. The smallest absolute Gasteiger partial charge is 0.290 e. The number of carbonyl (C=O) groups is 1. The summed E-state index contributed by atoms with van der Waals surface area (Å²) in [4.78, 5) is 16.1. The first-order chi connectivity index (χ1) is 11.0. The van der Waals surface area contributed by atoms with E-state index in [1.54, 1.807) is 31.2 Å². The third-order valence-electron chi connectivity index (χ3n) is 3.10. The van der Waals surface area contributed by atoms with Crippen LogP contribution < -0.4 is 5.32 Å². The van der Waals surface area contributed by atoms with Crippen LogP contribution in [0, 0.1) is 11.3 Å². The van der Waals surface area contributed by atoms with E-state index in [2.05, 4.69) is 10.3 Å². The maximum absolute atomic E-state index is 12.5. The normalized spacial score (nSPS) is 11.8. The summed E-state index contributed by atoms with van der Waals surface area (Å²) in [5.41, 5.74) is 1.44. The van der Waals surface area contributed by atoms with E-state index in [4.69, 9.17) is 5.26 Å². The number of nitrogens with zero attached hydrogens (tertiary/aromatic N) is 2. The van der Waals surface area contributed by atoms with Crippen molar-refractivity contribution in [2.45, 2.75) is 23.7 Å². The van der Waals surface area contributed by atoms with Crippen LogP contribution in [0.25, 0.3) is 0 Å². The molecule has 23 heavy (non-hydrogen) atoms. The van der Waals surface area contributed by atoms with E-state index in [1.807, 2.05) is 6.07 Å². The summed E-state index contributed by atoms with van der Waals surface area (Å²) in [6.07, 6.45) is 1.37. The average molecular weight is 333 g/mol. The van der Waals surface area contributed by atoms with Crippen molar-refractivity contribution in [1.82, 2.24) is 10.3 Å². The highest BCUT2D eigenvalue weighted by atomic mass is 32.2. The molecule has 0 spiro atoms. The molecular formula is C16H13F2N3OS. The Balaban J connectivity index is 2.13. The molecule has 0 saturated carbocycles. The molecule has 1 N–H and O–H groups in total. The van der Waals surface area contributed by atoms with E-state index in [0.29, 0.717) is 5.56 Å². The Kier molecular flexibility index (Phi) is 5.66. The molecule has 4 nitrogen and oxygen atoms in total. The Hall–Kier alpha value is -2.46. The third kappa shape index (κ3) is 4.50. The van der Waals surface area contributed by atoms with Crippen LogP contribution >= 0.6 is 11.8 Å². The van der Waals surface area contributed by atoms with E-state index >= 15 is 0 Å². The first-order valence-corrected chi connectivity index (χ1v) is 7.60. The van der Waals surface area contributed by atoms with Crippen molar-refractivity contribution < 1.29 is 13.6 Å². The summed E-state index contributed by atoms with van der Waals surface area (Å²) in [6.45, 7) is 1.77. The van der Waals surface area contributed by atoms with Gasteiger partial charge < -0.3 is 5.32 Å². The summed E-state index contributed by atoms with van der Waals surface area (Å²) in [7, 11) is 0. The Morgan fingerprint density at radius 3 is 2.61 bits per heavy atom. The zero-order chi connectivity index (χ0) is 16.8. The molecule has 1 aromatic carbocycles. The first kappa shape index (κ1) is 16.9. The number of rotatable bonds is 5. The maximum atomic E-state index is 12.5. The van der Waals surface area contributed by atoms with Crippen LogP contribution in [0.1, 0.15) is 34.5 Å². The molecule has 0 aliphatic heterocycles. The molecule has 1 atom stereocenters. The van der Waals surface area contributed by atoms with Gasteiger partial charge in [0, 0.05) is 6.20 Å². The minimum absolute atomic E-state index is 0.00738. The van der Waals surface area contributed by atoms with E-state index in [0.717, 1.165) is 5.56 Å². The number of aromatic nitrogens is 1. The fourth-order valence-electron chi connectivity index (χ4n) is 1.95. The van der Waals surface area contributed by atoms with Gasteiger partial charge in [-0.25, -0.2) is 4.98 Å². The molecule has 1 aromatic heterocycles. The van der Waals surface area contributed by atoms with E-state index in [9.17, 15) is 13.6 Å². The van der Waals surface area contributed by atoms with Crippen molar-refractivity contribution in [3.8, 4) is 6.07 Å². The van der Waals surface area contributed by atoms with Crippen LogP contribution in [-0.4, -0.2) is 16.6 Å². The molecule has 0 bridgehead atoms. The molecule has 118 valence electrons. The van der Waals surface area contributed by atoms with Crippen molar-refractivity contribution in [1.29, 1.82) is 5.26 Å².